The first-order valence-corrected chi connectivity index (χ1v) is 9.71. The van der Waals surface area contributed by atoms with Crippen LogP contribution in [0.15, 0.2) is 0 Å². The Balaban J connectivity index is 1.99. The number of rotatable bonds is 6. The van der Waals surface area contributed by atoms with Crippen LogP contribution in [0.25, 0.3) is 0 Å². The molecule has 1 atom stereocenters. The van der Waals surface area contributed by atoms with Crippen molar-refractivity contribution in [2.75, 3.05) is 31.1 Å². The minimum Gasteiger partial charge on any atom is -0.308 e. The van der Waals surface area contributed by atoms with E-state index < -0.39 is 9.84 Å². The Bertz CT molecular complexity index is 443. The lowest BCUT2D eigenvalue weighted by molar-refractivity contribution is 0.0294. The van der Waals surface area contributed by atoms with Crippen LogP contribution in [0.4, 0.5) is 0 Å². The van der Waals surface area contributed by atoms with Gasteiger partial charge in [0.05, 0.1) is 5.75 Å². The van der Waals surface area contributed by atoms with Crippen LogP contribution in [0.3, 0.4) is 0 Å². The standard InChI is InChI=1S/C15H30N2O2S/c1-5-9-20(18,19)10-8-17-12-15(4,13-6-7-13)16-11-14(17,2)3/h13,16H,5-12H2,1-4H3. The predicted molar refractivity (Wildman–Crippen MR) is 83.7 cm³/mol. The first-order chi connectivity index (χ1) is 9.19. The number of sulfone groups is 1. The summed E-state index contributed by atoms with van der Waals surface area (Å²) in [4.78, 5) is 2.38. The van der Waals surface area contributed by atoms with E-state index in [4.69, 9.17) is 0 Å². The van der Waals surface area contributed by atoms with E-state index in [0.29, 0.717) is 24.5 Å². The second kappa shape index (κ2) is 5.58. The summed E-state index contributed by atoms with van der Waals surface area (Å²) in [7, 11) is -2.89. The molecule has 0 aromatic heterocycles. The first-order valence-electron chi connectivity index (χ1n) is 7.89. The van der Waals surface area contributed by atoms with Gasteiger partial charge in [-0.2, -0.15) is 0 Å². The van der Waals surface area contributed by atoms with Gasteiger partial charge >= 0.3 is 0 Å². The summed E-state index contributed by atoms with van der Waals surface area (Å²) in [6.07, 6.45) is 3.34. The Labute approximate surface area is 124 Å². The van der Waals surface area contributed by atoms with Crippen molar-refractivity contribution in [3.8, 4) is 0 Å². The molecule has 0 bridgehead atoms. The topological polar surface area (TPSA) is 49.4 Å². The van der Waals surface area contributed by atoms with Gasteiger partial charge in [0.15, 0.2) is 9.84 Å². The molecule has 5 heteroatoms. The van der Waals surface area contributed by atoms with Crippen LogP contribution in [0, 0.1) is 5.92 Å². The van der Waals surface area contributed by atoms with Crippen LogP contribution >= 0.6 is 0 Å². The fourth-order valence-electron chi connectivity index (χ4n) is 3.23. The van der Waals surface area contributed by atoms with Gasteiger partial charge in [-0.1, -0.05) is 6.92 Å². The Morgan fingerprint density at radius 2 is 1.85 bits per heavy atom. The van der Waals surface area contributed by atoms with Crippen LogP contribution < -0.4 is 5.32 Å². The highest BCUT2D eigenvalue weighted by Crippen LogP contribution is 2.42. The minimum atomic E-state index is -2.89. The summed E-state index contributed by atoms with van der Waals surface area (Å²) in [5.41, 5.74) is 0.209. The largest absolute Gasteiger partial charge is 0.308 e. The molecule has 0 aromatic rings. The van der Waals surface area contributed by atoms with Crippen LogP contribution in [-0.2, 0) is 9.84 Å². The third kappa shape index (κ3) is 3.74. The zero-order chi connectivity index (χ0) is 15.0. The summed E-state index contributed by atoms with van der Waals surface area (Å²) in [6.45, 7) is 11.2. The van der Waals surface area contributed by atoms with Gasteiger partial charge < -0.3 is 5.32 Å². The first kappa shape index (κ1) is 16.2. The van der Waals surface area contributed by atoms with Crippen molar-refractivity contribution in [1.29, 1.82) is 0 Å². The molecule has 1 saturated heterocycles. The van der Waals surface area contributed by atoms with Gasteiger partial charge in [-0.25, -0.2) is 8.42 Å². The molecule has 0 spiro atoms. The smallest absolute Gasteiger partial charge is 0.151 e. The van der Waals surface area contributed by atoms with E-state index in [2.05, 4.69) is 31.0 Å². The SMILES string of the molecule is CCCS(=O)(=O)CCN1CC(C)(C2CC2)NCC1(C)C. The Hall–Kier alpha value is -0.130. The summed E-state index contributed by atoms with van der Waals surface area (Å²) < 4.78 is 23.9. The van der Waals surface area contributed by atoms with Crippen molar-refractivity contribution in [1.82, 2.24) is 10.2 Å². The molecule has 1 saturated carbocycles. The zero-order valence-electron chi connectivity index (χ0n) is 13.4. The van der Waals surface area contributed by atoms with Crippen molar-refractivity contribution in [2.45, 2.75) is 58.0 Å². The molecule has 1 aliphatic heterocycles. The van der Waals surface area contributed by atoms with Gasteiger partial charge in [-0.15, -0.1) is 0 Å². The predicted octanol–water partition coefficient (Wildman–Crippen LogP) is 1.66. The van der Waals surface area contributed by atoms with Gasteiger partial charge in [0, 0.05) is 36.5 Å². The molecule has 1 heterocycles. The zero-order valence-corrected chi connectivity index (χ0v) is 14.2. The third-order valence-electron chi connectivity index (χ3n) is 4.97. The van der Waals surface area contributed by atoms with Crippen molar-refractivity contribution < 1.29 is 8.42 Å². The molecule has 0 aromatic carbocycles. The Morgan fingerprint density at radius 3 is 2.40 bits per heavy atom. The quantitative estimate of drug-likeness (QED) is 0.811. The van der Waals surface area contributed by atoms with Gasteiger partial charge in [0.25, 0.3) is 0 Å². The number of nitrogens with one attached hydrogen (secondary N) is 1. The van der Waals surface area contributed by atoms with Crippen molar-refractivity contribution >= 4 is 9.84 Å². The lowest BCUT2D eigenvalue weighted by atomic mass is 9.87. The molecular weight excluding hydrogens is 272 g/mol. The Morgan fingerprint density at radius 1 is 1.20 bits per heavy atom. The average molecular weight is 302 g/mol. The van der Waals surface area contributed by atoms with Crippen molar-refractivity contribution in [3.63, 3.8) is 0 Å². The van der Waals surface area contributed by atoms with Gasteiger partial charge in [0.1, 0.15) is 0 Å². The number of hydrogen-bond acceptors (Lipinski definition) is 4. The summed E-state index contributed by atoms with van der Waals surface area (Å²) in [5.74, 6) is 1.39. The summed E-state index contributed by atoms with van der Waals surface area (Å²) in [6, 6.07) is 0. The van der Waals surface area contributed by atoms with E-state index in [1.807, 2.05) is 6.92 Å². The lowest BCUT2D eigenvalue weighted by Gasteiger charge is -2.51. The van der Waals surface area contributed by atoms with Crippen LogP contribution in [0.5, 0.6) is 0 Å². The van der Waals surface area contributed by atoms with E-state index >= 15 is 0 Å². The molecule has 0 radical (unpaired) electrons. The molecule has 2 aliphatic rings. The van der Waals surface area contributed by atoms with Gasteiger partial charge in [-0.05, 0) is 46.0 Å². The average Bonchev–Trinajstić information content (AvgIpc) is 3.15. The van der Waals surface area contributed by atoms with Gasteiger partial charge in [-0.3, -0.25) is 4.90 Å². The second-order valence-electron chi connectivity index (χ2n) is 7.43. The molecule has 0 amide bonds. The van der Waals surface area contributed by atoms with Crippen molar-refractivity contribution in [2.24, 2.45) is 5.92 Å². The van der Waals surface area contributed by atoms with E-state index in [9.17, 15) is 8.42 Å². The minimum absolute atomic E-state index is 0.0378. The monoisotopic (exact) mass is 302 g/mol. The van der Waals surface area contributed by atoms with E-state index in [-0.39, 0.29) is 11.1 Å². The molecule has 20 heavy (non-hydrogen) atoms. The number of piperazine rings is 1. The third-order valence-corrected chi connectivity index (χ3v) is 6.80. The highest BCUT2D eigenvalue weighted by molar-refractivity contribution is 7.91. The molecular formula is C15H30N2O2S. The molecule has 1 unspecified atom stereocenters. The fraction of sp³-hybridized carbons (Fsp3) is 1.00. The normalized spacial score (nSPS) is 31.4. The Kier molecular flexibility index (Phi) is 4.53. The molecule has 1 N–H and O–H groups in total. The highest BCUT2D eigenvalue weighted by atomic mass is 32.2. The van der Waals surface area contributed by atoms with Crippen LogP contribution in [0.2, 0.25) is 0 Å². The maximum absolute atomic E-state index is 11.9. The van der Waals surface area contributed by atoms with Crippen LogP contribution in [0.1, 0.15) is 47.0 Å². The molecule has 1 aliphatic carbocycles. The number of nitrogens with zero attached hydrogens (tertiary/aromatic N) is 1. The van der Waals surface area contributed by atoms with Gasteiger partial charge in [0.2, 0.25) is 0 Å². The maximum atomic E-state index is 11.9. The van der Waals surface area contributed by atoms with E-state index in [1.54, 1.807) is 0 Å². The second-order valence-corrected chi connectivity index (χ2v) is 9.73. The summed E-state index contributed by atoms with van der Waals surface area (Å²) in [5, 5.41) is 3.71. The fourth-order valence-corrected chi connectivity index (χ4v) is 4.56. The number of hydrogen-bond donors (Lipinski definition) is 1. The van der Waals surface area contributed by atoms with E-state index in [0.717, 1.165) is 19.0 Å². The van der Waals surface area contributed by atoms with E-state index in [1.165, 1.54) is 12.8 Å². The molecule has 118 valence electrons. The highest BCUT2D eigenvalue weighted by Gasteiger charge is 2.48. The summed E-state index contributed by atoms with van der Waals surface area (Å²) >= 11 is 0. The maximum Gasteiger partial charge on any atom is 0.151 e. The molecule has 4 nitrogen and oxygen atoms in total. The molecule has 2 fully saturated rings. The van der Waals surface area contributed by atoms with Crippen LogP contribution in [-0.4, -0.2) is 55.5 Å². The molecule has 2 rings (SSSR count). The van der Waals surface area contributed by atoms with Crippen molar-refractivity contribution in [3.05, 3.63) is 0 Å². The lowest BCUT2D eigenvalue weighted by Crippen LogP contribution is -2.68.